The van der Waals surface area contributed by atoms with E-state index in [0.717, 1.165) is 47.5 Å². The molecule has 19 heavy (non-hydrogen) atoms. The molecule has 3 nitrogen and oxygen atoms in total. The largest absolute Gasteiger partial charge is 0.401 e. The summed E-state index contributed by atoms with van der Waals surface area (Å²) in [7, 11) is 5.77. The van der Waals surface area contributed by atoms with Gasteiger partial charge >= 0.3 is 0 Å². The summed E-state index contributed by atoms with van der Waals surface area (Å²) in [6, 6.07) is 0. The molecule has 0 aromatic rings. The lowest BCUT2D eigenvalue weighted by molar-refractivity contribution is 0.308. The van der Waals surface area contributed by atoms with Gasteiger partial charge in [-0.25, -0.2) is 0 Å². The third-order valence-electron chi connectivity index (χ3n) is 3.60. The first kappa shape index (κ1) is 16.5. The van der Waals surface area contributed by atoms with Gasteiger partial charge in [-0.05, 0) is 69.6 Å². The lowest BCUT2D eigenvalue weighted by Crippen LogP contribution is -2.33. The zero-order valence-electron chi connectivity index (χ0n) is 12.3. The minimum absolute atomic E-state index is 0.395. The summed E-state index contributed by atoms with van der Waals surface area (Å²) >= 11 is 3.59. The average molecular weight is 324 g/mol. The molecule has 0 aromatic carbocycles. The first-order valence-electron chi connectivity index (χ1n) is 6.67. The summed E-state index contributed by atoms with van der Waals surface area (Å²) < 4.78 is 0.934. The number of piperidine rings is 1. The highest BCUT2D eigenvalue weighted by molar-refractivity contribution is 9.12. The lowest BCUT2D eigenvalue weighted by Gasteiger charge is -2.30. The van der Waals surface area contributed by atoms with Crippen molar-refractivity contribution in [2.45, 2.75) is 40.5 Å². The van der Waals surface area contributed by atoms with Crippen molar-refractivity contribution in [3.8, 4) is 0 Å². The van der Waals surface area contributed by atoms with E-state index in [1.165, 1.54) is 5.57 Å². The first-order valence-corrected chi connectivity index (χ1v) is 7.46. The van der Waals surface area contributed by atoms with Crippen molar-refractivity contribution in [2.24, 2.45) is 16.6 Å². The van der Waals surface area contributed by atoms with Gasteiger partial charge < -0.3 is 10.5 Å². The van der Waals surface area contributed by atoms with Gasteiger partial charge in [0.15, 0.2) is 7.98 Å². The van der Waals surface area contributed by atoms with Gasteiger partial charge in [-0.15, -0.1) is 0 Å². The van der Waals surface area contributed by atoms with Gasteiger partial charge in [-0.2, -0.15) is 0 Å². The molecular weight excluding hydrogens is 301 g/mol. The molecule has 0 aliphatic carbocycles. The Hall–Kier alpha value is -0.545. The van der Waals surface area contributed by atoms with Crippen LogP contribution in [0.5, 0.6) is 0 Å². The topological polar surface area (TPSA) is 41.6 Å². The van der Waals surface area contributed by atoms with Crippen molar-refractivity contribution >= 4 is 29.6 Å². The molecule has 0 unspecified atom stereocenters. The maximum atomic E-state index is 6.27. The predicted octanol–water partition coefficient (Wildman–Crippen LogP) is 3.12. The Labute approximate surface area is 126 Å². The molecule has 104 valence electrons. The number of allylic oxidation sites excluding steroid dienone is 4. The average Bonchev–Trinajstić information content (AvgIpc) is 2.37. The van der Waals surface area contributed by atoms with Gasteiger partial charge in [0.05, 0.1) is 10.2 Å². The molecule has 2 radical (unpaired) electrons. The highest BCUT2D eigenvalue weighted by Gasteiger charge is 2.21. The van der Waals surface area contributed by atoms with E-state index >= 15 is 0 Å². The van der Waals surface area contributed by atoms with Crippen LogP contribution in [0.15, 0.2) is 26.4 Å². The summed E-state index contributed by atoms with van der Waals surface area (Å²) in [6.45, 7) is 9.92. The van der Waals surface area contributed by atoms with Crippen molar-refractivity contribution in [2.75, 3.05) is 13.1 Å². The molecule has 1 saturated heterocycles. The number of hydrogen-bond acceptors (Lipinski definition) is 3. The Morgan fingerprint density at radius 2 is 1.74 bits per heavy atom. The maximum Gasteiger partial charge on any atom is 0.182 e. The van der Waals surface area contributed by atoms with E-state index in [0.29, 0.717) is 5.92 Å². The molecule has 1 heterocycles. The van der Waals surface area contributed by atoms with E-state index in [9.17, 15) is 0 Å². The third-order valence-corrected chi connectivity index (χ3v) is 4.63. The van der Waals surface area contributed by atoms with Crippen LogP contribution in [-0.2, 0) is 0 Å². The van der Waals surface area contributed by atoms with E-state index in [4.69, 9.17) is 13.7 Å². The summed E-state index contributed by atoms with van der Waals surface area (Å²) in [5.74, 6) is 0.395. The number of halogens is 1. The van der Waals surface area contributed by atoms with Gasteiger partial charge in [0.25, 0.3) is 0 Å². The Bertz CT molecular complexity index is 414. The van der Waals surface area contributed by atoms with Gasteiger partial charge in [-0.1, -0.05) is 5.57 Å². The Balaban J connectivity index is 2.87. The second-order valence-corrected chi connectivity index (χ2v) is 6.16. The Kier molecular flexibility index (Phi) is 6.34. The van der Waals surface area contributed by atoms with E-state index in [1.54, 1.807) is 0 Å². The quantitative estimate of drug-likeness (QED) is 0.640. The van der Waals surface area contributed by atoms with E-state index < -0.39 is 0 Å². The maximum absolute atomic E-state index is 6.27. The summed E-state index contributed by atoms with van der Waals surface area (Å²) in [5.41, 5.74) is 10.4. The number of hydrogen-bond donors (Lipinski definition) is 1. The number of rotatable bonds is 3. The van der Waals surface area contributed by atoms with Crippen molar-refractivity contribution in [3.63, 3.8) is 0 Å². The molecule has 0 atom stereocenters. The van der Waals surface area contributed by atoms with Crippen LogP contribution in [-0.4, -0.2) is 31.6 Å². The fraction of sp³-hybridized carbons (Fsp3) is 0.643. The second kappa shape index (κ2) is 7.29. The standard InChI is InChI=1S/C14H23BBrN3/c1-9(2)10(3)18-11(4)13(16)14(17)12-5-7-19(15)8-6-12/h12H,5-8,17H2,1-4H3/b14-13+,18-11?. The molecule has 1 fully saturated rings. The zero-order valence-corrected chi connectivity index (χ0v) is 13.9. The summed E-state index contributed by atoms with van der Waals surface area (Å²) in [5, 5.41) is 0. The lowest BCUT2D eigenvalue weighted by atomic mass is 9.91. The van der Waals surface area contributed by atoms with Crippen LogP contribution in [0.2, 0.25) is 0 Å². The minimum Gasteiger partial charge on any atom is -0.401 e. The predicted molar refractivity (Wildman–Crippen MR) is 87.3 cm³/mol. The summed E-state index contributed by atoms with van der Waals surface area (Å²) in [4.78, 5) is 6.44. The summed E-state index contributed by atoms with van der Waals surface area (Å²) in [6.07, 6.45) is 2.01. The van der Waals surface area contributed by atoms with Crippen LogP contribution in [0.1, 0.15) is 40.5 Å². The second-order valence-electron chi connectivity index (χ2n) is 5.36. The van der Waals surface area contributed by atoms with Crippen molar-refractivity contribution < 1.29 is 0 Å². The normalized spacial score (nSPS) is 20.2. The molecule has 1 rings (SSSR count). The smallest absolute Gasteiger partial charge is 0.182 e. The van der Waals surface area contributed by atoms with Crippen LogP contribution in [0, 0.1) is 5.92 Å². The van der Waals surface area contributed by atoms with Gasteiger partial charge in [0.2, 0.25) is 0 Å². The molecule has 0 saturated carbocycles. The van der Waals surface area contributed by atoms with Gasteiger partial charge in [0.1, 0.15) is 0 Å². The number of nitrogens with zero attached hydrogens (tertiary/aromatic N) is 2. The van der Waals surface area contributed by atoms with Crippen molar-refractivity contribution in [1.29, 1.82) is 0 Å². The Morgan fingerprint density at radius 1 is 1.21 bits per heavy atom. The molecular formula is C14H23BBrN3. The molecule has 1 aliphatic rings. The molecule has 5 heteroatoms. The SMILES string of the molecule is [B]N1CCC(/C(N)=C(\Br)C(C)=NC(C)=C(C)C)CC1. The molecule has 0 aromatic heterocycles. The molecule has 0 amide bonds. The van der Waals surface area contributed by atoms with Crippen LogP contribution < -0.4 is 5.73 Å². The van der Waals surface area contributed by atoms with E-state index in [2.05, 4.69) is 34.8 Å². The molecule has 0 bridgehead atoms. The van der Waals surface area contributed by atoms with E-state index in [-0.39, 0.29) is 0 Å². The molecule has 0 spiro atoms. The molecule has 1 aliphatic heterocycles. The highest BCUT2D eigenvalue weighted by Crippen LogP contribution is 2.26. The van der Waals surface area contributed by atoms with Crippen LogP contribution in [0.25, 0.3) is 0 Å². The molecule has 2 N–H and O–H groups in total. The fourth-order valence-corrected chi connectivity index (χ4v) is 2.42. The first-order chi connectivity index (χ1) is 8.82. The van der Waals surface area contributed by atoms with Crippen molar-refractivity contribution in [3.05, 3.63) is 21.4 Å². The van der Waals surface area contributed by atoms with Gasteiger partial charge in [-0.3, -0.25) is 4.99 Å². The third kappa shape index (κ3) is 4.81. The van der Waals surface area contributed by atoms with Gasteiger partial charge in [0, 0.05) is 17.3 Å². The van der Waals surface area contributed by atoms with Crippen LogP contribution in [0.3, 0.4) is 0 Å². The van der Waals surface area contributed by atoms with E-state index in [1.807, 2.05) is 18.7 Å². The zero-order chi connectivity index (χ0) is 14.6. The highest BCUT2D eigenvalue weighted by atomic mass is 79.9. The minimum atomic E-state index is 0.395. The van der Waals surface area contributed by atoms with Crippen molar-refractivity contribution in [1.82, 2.24) is 4.81 Å². The Morgan fingerprint density at radius 3 is 2.21 bits per heavy atom. The fourth-order valence-electron chi connectivity index (χ4n) is 2.01. The van der Waals surface area contributed by atoms with Crippen LogP contribution >= 0.6 is 15.9 Å². The monoisotopic (exact) mass is 323 g/mol. The number of aliphatic imine (C=N–C) groups is 1. The van der Waals surface area contributed by atoms with Crippen LogP contribution in [0.4, 0.5) is 0 Å². The number of nitrogens with two attached hydrogens (primary N) is 1.